The molecule has 0 aromatic heterocycles. The molecule has 2 rings (SSSR count). The Morgan fingerprint density at radius 1 is 1.04 bits per heavy atom. The molecule has 2 aromatic rings. The Hall–Kier alpha value is -1.74. The van der Waals surface area contributed by atoms with Gasteiger partial charge in [0.1, 0.15) is 0 Å². The van der Waals surface area contributed by atoms with Crippen LogP contribution in [0.25, 0.3) is 0 Å². The van der Waals surface area contributed by atoms with Gasteiger partial charge in [-0.05, 0) is 56.0 Å². The SMILES string of the molecule is CC[C@@H](NC(=O)CSc1ccc(C)cc1)c1ccc(C)c(C)c1. The molecule has 2 nitrogen and oxygen atoms in total. The molecule has 0 saturated heterocycles. The molecule has 0 aliphatic heterocycles. The molecule has 0 fully saturated rings. The zero-order valence-corrected chi connectivity index (χ0v) is 15.2. The maximum Gasteiger partial charge on any atom is 0.230 e. The Morgan fingerprint density at radius 2 is 1.74 bits per heavy atom. The lowest BCUT2D eigenvalue weighted by Gasteiger charge is -2.18. The van der Waals surface area contributed by atoms with E-state index in [4.69, 9.17) is 0 Å². The van der Waals surface area contributed by atoms with Crippen LogP contribution in [0.4, 0.5) is 0 Å². The topological polar surface area (TPSA) is 29.1 Å². The number of nitrogens with one attached hydrogen (secondary N) is 1. The number of thioether (sulfide) groups is 1. The second kappa shape index (κ2) is 8.21. The van der Waals surface area contributed by atoms with E-state index in [0.717, 1.165) is 11.3 Å². The van der Waals surface area contributed by atoms with Gasteiger partial charge in [-0.25, -0.2) is 0 Å². The second-order valence-corrected chi connectivity index (χ2v) is 7.02. The van der Waals surface area contributed by atoms with Crippen molar-refractivity contribution >= 4 is 17.7 Å². The molecule has 1 N–H and O–H groups in total. The molecule has 23 heavy (non-hydrogen) atoms. The summed E-state index contributed by atoms with van der Waals surface area (Å²) in [5.41, 5.74) is 4.97. The first-order valence-electron chi connectivity index (χ1n) is 8.05. The minimum Gasteiger partial charge on any atom is -0.349 e. The van der Waals surface area contributed by atoms with Gasteiger partial charge in [-0.1, -0.05) is 42.8 Å². The molecule has 0 unspecified atom stereocenters. The molecule has 3 heteroatoms. The first-order valence-corrected chi connectivity index (χ1v) is 9.04. The van der Waals surface area contributed by atoms with Crippen LogP contribution in [0.5, 0.6) is 0 Å². The summed E-state index contributed by atoms with van der Waals surface area (Å²) >= 11 is 1.58. The number of hydrogen-bond acceptors (Lipinski definition) is 2. The minimum atomic E-state index is 0.0837. The maximum atomic E-state index is 12.2. The van der Waals surface area contributed by atoms with E-state index in [9.17, 15) is 4.79 Å². The number of carbonyl (C=O) groups is 1. The maximum absolute atomic E-state index is 12.2. The van der Waals surface area contributed by atoms with E-state index in [1.807, 2.05) is 0 Å². The van der Waals surface area contributed by atoms with Gasteiger partial charge in [-0.2, -0.15) is 0 Å². The molecular formula is C20H25NOS. The number of aryl methyl sites for hydroxylation is 3. The molecule has 2 aromatic carbocycles. The molecule has 0 aliphatic rings. The van der Waals surface area contributed by atoms with Crippen LogP contribution in [0.3, 0.4) is 0 Å². The van der Waals surface area contributed by atoms with E-state index in [0.29, 0.717) is 5.75 Å². The third-order valence-corrected chi connectivity index (χ3v) is 5.08. The monoisotopic (exact) mass is 327 g/mol. The molecule has 0 heterocycles. The highest BCUT2D eigenvalue weighted by Gasteiger charge is 2.13. The van der Waals surface area contributed by atoms with Crippen LogP contribution in [-0.4, -0.2) is 11.7 Å². The Bertz CT molecular complexity index is 664. The number of benzene rings is 2. The highest BCUT2D eigenvalue weighted by atomic mass is 32.2. The summed E-state index contributed by atoms with van der Waals surface area (Å²) in [7, 11) is 0. The van der Waals surface area contributed by atoms with Crippen LogP contribution in [0.15, 0.2) is 47.4 Å². The Balaban J connectivity index is 1.94. The van der Waals surface area contributed by atoms with Crippen LogP contribution in [0.1, 0.15) is 41.6 Å². The summed E-state index contributed by atoms with van der Waals surface area (Å²) in [5.74, 6) is 0.533. The predicted molar refractivity (Wildman–Crippen MR) is 99.0 cm³/mol. The van der Waals surface area contributed by atoms with E-state index in [1.165, 1.54) is 22.3 Å². The molecule has 1 amide bonds. The molecule has 0 radical (unpaired) electrons. The lowest BCUT2D eigenvalue weighted by Crippen LogP contribution is -2.29. The number of rotatable bonds is 6. The average molecular weight is 327 g/mol. The average Bonchev–Trinajstić information content (AvgIpc) is 2.55. The van der Waals surface area contributed by atoms with Crippen molar-refractivity contribution in [3.63, 3.8) is 0 Å². The quantitative estimate of drug-likeness (QED) is 0.759. The van der Waals surface area contributed by atoms with E-state index in [-0.39, 0.29) is 11.9 Å². The fraction of sp³-hybridized carbons (Fsp3) is 0.350. The molecule has 1 atom stereocenters. The number of carbonyl (C=O) groups excluding carboxylic acids is 1. The zero-order valence-electron chi connectivity index (χ0n) is 14.3. The van der Waals surface area contributed by atoms with Crippen molar-refractivity contribution in [1.82, 2.24) is 5.32 Å². The lowest BCUT2D eigenvalue weighted by molar-refractivity contribution is -0.119. The zero-order chi connectivity index (χ0) is 16.8. The highest BCUT2D eigenvalue weighted by molar-refractivity contribution is 8.00. The molecule has 0 saturated carbocycles. The van der Waals surface area contributed by atoms with Gasteiger partial charge in [0.15, 0.2) is 0 Å². The van der Waals surface area contributed by atoms with Gasteiger partial charge in [0, 0.05) is 4.90 Å². The smallest absolute Gasteiger partial charge is 0.230 e. The van der Waals surface area contributed by atoms with Gasteiger partial charge in [-0.3, -0.25) is 4.79 Å². The summed E-state index contributed by atoms with van der Waals surface area (Å²) in [6.07, 6.45) is 0.892. The van der Waals surface area contributed by atoms with Gasteiger partial charge >= 0.3 is 0 Å². The highest BCUT2D eigenvalue weighted by Crippen LogP contribution is 2.21. The van der Waals surface area contributed by atoms with E-state index in [1.54, 1.807) is 11.8 Å². The predicted octanol–water partition coefficient (Wildman–Crippen LogP) is 4.97. The van der Waals surface area contributed by atoms with Crippen molar-refractivity contribution in [3.05, 3.63) is 64.7 Å². The normalized spacial score (nSPS) is 12.0. The largest absolute Gasteiger partial charge is 0.349 e. The Morgan fingerprint density at radius 3 is 2.35 bits per heavy atom. The van der Waals surface area contributed by atoms with Crippen molar-refractivity contribution in [2.45, 2.75) is 45.1 Å². The summed E-state index contributed by atoms with van der Waals surface area (Å²) in [6.45, 7) is 8.39. The second-order valence-electron chi connectivity index (χ2n) is 5.97. The van der Waals surface area contributed by atoms with E-state index < -0.39 is 0 Å². The Labute approximate surface area is 143 Å². The van der Waals surface area contributed by atoms with Gasteiger partial charge in [0.25, 0.3) is 0 Å². The van der Waals surface area contributed by atoms with Crippen molar-refractivity contribution in [1.29, 1.82) is 0 Å². The van der Waals surface area contributed by atoms with Crippen LogP contribution in [0.2, 0.25) is 0 Å². The lowest BCUT2D eigenvalue weighted by atomic mass is 9.99. The fourth-order valence-electron chi connectivity index (χ4n) is 2.42. The molecule has 0 aliphatic carbocycles. The van der Waals surface area contributed by atoms with Crippen LogP contribution >= 0.6 is 11.8 Å². The first-order chi connectivity index (χ1) is 11.0. The fourth-order valence-corrected chi connectivity index (χ4v) is 3.13. The van der Waals surface area contributed by atoms with Crippen LogP contribution in [0, 0.1) is 20.8 Å². The van der Waals surface area contributed by atoms with Crippen molar-refractivity contribution in [2.24, 2.45) is 0 Å². The summed E-state index contributed by atoms with van der Waals surface area (Å²) in [6, 6.07) is 14.8. The number of amides is 1. The van der Waals surface area contributed by atoms with Crippen molar-refractivity contribution in [2.75, 3.05) is 5.75 Å². The summed E-state index contributed by atoms with van der Waals surface area (Å²) in [5, 5.41) is 3.15. The van der Waals surface area contributed by atoms with Crippen molar-refractivity contribution in [3.8, 4) is 0 Å². The Kier molecular flexibility index (Phi) is 6.28. The van der Waals surface area contributed by atoms with Gasteiger partial charge < -0.3 is 5.32 Å². The molecule has 0 bridgehead atoms. The van der Waals surface area contributed by atoms with E-state index in [2.05, 4.69) is 75.5 Å². The summed E-state index contributed by atoms with van der Waals surface area (Å²) < 4.78 is 0. The number of hydrogen-bond donors (Lipinski definition) is 1. The molecule has 122 valence electrons. The third kappa shape index (κ3) is 5.14. The van der Waals surface area contributed by atoms with Crippen LogP contribution < -0.4 is 5.32 Å². The van der Waals surface area contributed by atoms with E-state index >= 15 is 0 Å². The van der Waals surface area contributed by atoms with Gasteiger partial charge in [0.05, 0.1) is 11.8 Å². The van der Waals surface area contributed by atoms with Crippen molar-refractivity contribution < 1.29 is 4.79 Å². The molecular weight excluding hydrogens is 302 g/mol. The minimum absolute atomic E-state index is 0.0837. The van der Waals surface area contributed by atoms with Crippen LogP contribution in [-0.2, 0) is 4.79 Å². The third-order valence-electron chi connectivity index (χ3n) is 4.07. The standard InChI is InChI=1S/C20H25NOS/c1-5-19(17-9-8-15(3)16(4)12-17)21-20(22)13-23-18-10-6-14(2)7-11-18/h6-12,19H,5,13H2,1-4H3,(H,21,22)/t19-/m1/s1. The first kappa shape index (κ1) is 17.6. The molecule has 0 spiro atoms. The summed E-state index contributed by atoms with van der Waals surface area (Å²) in [4.78, 5) is 13.4. The van der Waals surface area contributed by atoms with Gasteiger partial charge in [-0.15, -0.1) is 11.8 Å². The van der Waals surface area contributed by atoms with Gasteiger partial charge in [0.2, 0.25) is 5.91 Å².